The molecule has 1 atom stereocenters. The Balaban J connectivity index is 2.16. The van der Waals surface area contributed by atoms with E-state index in [0.717, 1.165) is 0 Å². The minimum absolute atomic E-state index is 0.0555. The Morgan fingerprint density at radius 2 is 1.79 bits per heavy atom. The fraction of sp³-hybridized carbons (Fsp3) is 0.150. The quantitative estimate of drug-likeness (QED) is 0.245. The average Bonchev–Trinajstić information content (AvgIpc) is 2.73. The number of nitrogens with one attached hydrogen (secondary N) is 2. The highest BCUT2D eigenvalue weighted by Crippen LogP contribution is 2.32. The van der Waals surface area contributed by atoms with Crippen LogP contribution in [0.2, 0.25) is 0 Å². The Kier molecular flexibility index (Phi) is 5.99. The van der Waals surface area contributed by atoms with E-state index in [-0.39, 0.29) is 23.0 Å². The second-order valence-corrected chi connectivity index (χ2v) is 6.49. The third-order valence-corrected chi connectivity index (χ3v) is 4.50. The summed E-state index contributed by atoms with van der Waals surface area (Å²) in [6.45, 7) is 1.66. The van der Waals surface area contributed by atoms with Gasteiger partial charge in [0.2, 0.25) is 0 Å². The van der Waals surface area contributed by atoms with Gasteiger partial charge in [-0.2, -0.15) is 0 Å². The Morgan fingerprint density at radius 3 is 2.38 bits per heavy atom. The maximum absolute atomic E-state index is 13.0. The number of nitrogens with zero attached hydrogens (tertiary/aromatic N) is 1. The Morgan fingerprint density at radius 1 is 1.14 bits per heavy atom. The van der Waals surface area contributed by atoms with E-state index in [9.17, 15) is 19.7 Å². The number of rotatable bonds is 6. The molecule has 8 nitrogen and oxygen atoms in total. The summed E-state index contributed by atoms with van der Waals surface area (Å²) in [4.78, 5) is 35.6. The zero-order valence-electron chi connectivity index (χ0n) is 15.4. The molecule has 0 fully saturated rings. The number of Topliss-reactive ketones (excluding diaryl/α,β-unsaturated/α-hetero) is 1. The maximum atomic E-state index is 13.0. The van der Waals surface area contributed by atoms with E-state index < -0.39 is 22.7 Å². The molecule has 0 saturated heterocycles. The number of hydrogen-bond acceptors (Lipinski definition) is 6. The van der Waals surface area contributed by atoms with E-state index in [1.54, 1.807) is 31.2 Å². The van der Waals surface area contributed by atoms with Crippen molar-refractivity contribution in [2.45, 2.75) is 13.0 Å². The highest BCUT2D eigenvalue weighted by atomic mass is 32.1. The number of ether oxygens (including phenoxy) is 1. The fourth-order valence-corrected chi connectivity index (χ4v) is 3.21. The van der Waals surface area contributed by atoms with Gasteiger partial charge in [0.1, 0.15) is 0 Å². The first-order chi connectivity index (χ1) is 13.9. The molecule has 0 spiro atoms. The molecular weight excluding hydrogens is 394 g/mol. The van der Waals surface area contributed by atoms with Crippen molar-refractivity contribution < 1.29 is 19.2 Å². The zero-order chi connectivity index (χ0) is 21.0. The molecule has 1 aliphatic heterocycles. The Bertz CT molecular complexity index is 1000. The van der Waals surface area contributed by atoms with Crippen LogP contribution >= 0.6 is 12.2 Å². The summed E-state index contributed by atoms with van der Waals surface area (Å²) >= 11 is 5.29. The number of benzene rings is 2. The van der Waals surface area contributed by atoms with Crippen LogP contribution in [0, 0.1) is 10.1 Å². The van der Waals surface area contributed by atoms with E-state index in [1.807, 2.05) is 6.07 Å². The molecule has 0 saturated carbocycles. The lowest BCUT2D eigenvalue weighted by molar-refractivity contribution is -0.384. The molecule has 0 aliphatic carbocycles. The van der Waals surface area contributed by atoms with Crippen molar-refractivity contribution in [2.75, 3.05) is 6.61 Å². The Hall–Kier alpha value is -3.59. The van der Waals surface area contributed by atoms with Gasteiger partial charge >= 0.3 is 5.97 Å². The number of carbonyl (C=O) groups excluding carboxylic acids is 2. The van der Waals surface area contributed by atoms with Crippen molar-refractivity contribution in [3.05, 3.63) is 81.4 Å². The van der Waals surface area contributed by atoms with Crippen LogP contribution in [-0.4, -0.2) is 28.4 Å². The first-order valence-electron chi connectivity index (χ1n) is 8.75. The SMILES string of the molecule is CCOC(=O)C(=O)C1=C(c2ccccc2)NC(=S)N[C@H]1c1ccc([N+](=O)[O-])cc1. The van der Waals surface area contributed by atoms with Gasteiger partial charge in [-0.1, -0.05) is 30.3 Å². The van der Waals surface area contributed by atoms with Crippen LogP contribution in [0.4, 0.5) is 5.69 Å². The second-order valence-electron chi connectivity index (χ2n) is 6.08. The third-order valence-electron chi connectivity index (χ3n) is 4.28. The number of carbonyl (C=O) groups is 2. The molecule has 2 aromatic rings. The van der Waals surface area contributed by atoms with E-state index in [0.29, 0.717) is 16.8 Å². The van der Waals surface area contributed by atoms with Crippen molar-refractivity contribution in [3.8, 4) is 0 Å². The van der Waals surface area contributed by atoms with Gasteiger partial charge in [0.25, 0.3) is 11.5 Å². The number of non-ortho nitro benzene ring substituents is 1. The van der Waals surface area contributed by atoms with Crippen molar-refractivity contribution in [3.63, 3.8) is 0 Å². The number of ketones is 1. The molecular formula is C20H17N3O5S. The summed E-state index contributed by atoms with van der Waals surface area (Å²) in [5.74, 6) is -1.81. The molecule has 0 bridgehead atoms. The lowest BCUT2D eigenvalue weighted by Crippen LogP contribution is -2.46. The molecule has 0 aromatic heterocycles. The predicted molar refractivity (Wildman–Crippen MR) is 110 cm³/mol. The molecule has 9 heteroatoms. The van der Waals surface area contributed by atoms with Crippen LogP contribution in [0.1, 0.15) is 24.1 Å². The molecule has 1 heterocycles. The monoisotopic (exact) mass is 411 g/mol. The number of nitro groups is 1. The molecule has 3 rings (SSSR count). The molecule has 0 radical (unpaired) electrons. The van der Waals surface area contributed by atoms with Crippen LogP contribution in [0.3, 0.4) is 0 Å². The summed E-state index contributed by atoms with van der Waals surface area (Å²) in [6.07, 6.45) is 0. The lowest BCUT2D eigenvalue weighted by atomic mass is 9.90. The lowest BCUT2D eigenvalue weighted by Gasteiger charge is -2.31. The van der Waals surface area contributed by atoms with Gasteiger partial charge in [-0.25, -0.2) is 4.79 Å². The molecule has 2 aromatic carbocycles. The minimum Gasteiger partial charge on any atom is -0.460 e. The smallest absolute Gasteiger partial charge is 0.379 e. The van der Waals surface area contributed by atoms with E-state index in [2.05, 4.69) is 10.6 Å². The molecule has 29 heavy (non-hydrogen) atoms. The first-order valence-corrected chi connectivity index (χ1v) is 9.16. The summed E-state index contributed by atoms with van der Waals surface area (Å²) in [5.41, 5.74) is 1.63. The van der Waals surface area contributed by atoms with Crippen molar-refractivity contribution in [2.24, 2.45) is 0 Å². The van der Waals surface area contributed by atoms with Crippen molar-refractivity contribution >= 4 is 40.5 Å². The number of thiocarbonyl (C=S) groups is 1. The minimum atomic E-state index is -0.987. The number of esters is 1. The summed E-state index contributed by atoms with van der Waals surface area (Å²) in [7, 11) is 0. The van der Waals surface area contributed by atoms with Crippen molar-refractivity contribution in [1.29, 1.82) is 0 Å². The van der Waals surface area contributed by atoms with Gasteiger partial charge in [-0.3, -0.25) is 14.9 Å². The van der Waals surface area contributed by atoms with Gasteiger partial charge in [0.15, 0.2) is 5.11 Å². The third kappa shape index (κ3) is 4.30. The molecule has 2 N–H and O–H groups in total. The van der Waals surface area contributed by atoms with Gasteiger partial charge in [-0.15, -0.1) is 0 Å². The molecule has 1 aliphatic rings. The highest BCUT2D eigenvalue weighted by Gasteiger charge is 2.35. The highest BCUT2D eigenvalue weighted by molar-refractivity contribution is 7.80. The van der Waals surface area contributed by atoms with Crippen LogP contribution in [0.5, 0.6) is 0 Å². The van der Waals surface area contributed by atoms with Gasteiger partial charge in [0.05, 0.1) is 28.8 Å². The fourth-order valence-electron chi connectivity index (χ4n) is 2.99. The van der Waals surface area contributed by atoms with Crippen molar-refractivity contribution in [1.82, 2.24) is 10.6 Å². The normalized spacial score (nSPS) is 15.9. The van der Waals surface area contributed by atoms with Crippen LogP contribution in [0.15, 0.2) is 60.2 Å². The summed E-state index contributed by atoms with van der Waals surface area (Å²) in [5, 5.41) is 17.1. The van der Waals surface area contributed by atoms with Crippen LogP contribution < -0.4 is 10.6 Å². The molecule has 0 amide bonds. The number of nitro benzene ring substituents is 1. The summed E-state index contributed by atoms with van der Waals surface area (Å²) < 4.78 is 4.90. The van der Waals surface area contributed by atoms with E-state index in [1.165, 1.54) is 24.3 Å². The maximum Gasteiger partial charge on any atom is 0.379 e. The topological polar surface area (TPSA) is 111 Å². The summed E-state index contributed by atoms with van der Waals surface area (Å²) in [6, 6.07) is 13.9. The Labute approximate surface area is 171 Å². The number of hydrogen-bond donors (Lipinski definition) is 2. The molecule has 148 valence electrons. The zero-order valence-corrected chi connectivity index (χ0v) is 16.2. The standard InChI is InChI=1S/C20H17N3O5S/c1-2-28-19(25)18(24)15-16(12-6-4-3-5-7-12)21-20(29)22-17(15)13-8-10-14(11-9-13)23(26)27/h3-11,17H,2H2,1H3,(H2,21,22,29)/t17-/m0/s1. The first kappa shape index (κ1) is 20.2. The van der Waals surface area contributed by atoms with E-state index in [4.69, 9.17) is 17.0 Å². The van der Waals surface area contributed by atoms with Crippen LogP contribution in [0.25, 0.3) is 5.70 Å². The van der Waals surface area contributed by atoms with E-state index >= 15 is 0 Å². The predicted octanol–water partition coefficient (Wildman–Crippen LogP) is 2.66. The second kappa shape index (κ2) is 8.61. The average molecular weight is 411 g/mol. The molecule has 0 unspecified atom stereocenters. The van der Waals surface area contributed by atoms with Gasteiger partial charge in [0, 0.05) is 12.1 Å². The van der Waals surface area contributed by atoms with Gasteiger partial charge in [-0.05, 0) is 42.4 Å². The largest absolute Gasteiger partial charge is 0.460 e. The van der Waals surface area contributed by atoms with Crippen LogP contribution in [-0.2, 0) is 14.3 Å². The van der Waals surface area contributed by atoms with Gasteiger partial charge < -0.3 is 15.4 Å².